The van der Waals surface area contributed by atoms with Gasteiger partial charge in [-0.3, -0.25) is 9.59 Å². The number of Topliss-reactive ketones (excluding diaryl/α,β-unsaturated/α-hetero) is 1. The minimum Gasteiger partial charge on any atom is -0.380 e. The average molecular weight is 509 g/mol. The molecule has 9 heteroatoms. The molecule has 0 aromatic heterocycles. The number of piperidine rings is 2. The summed E-state index contributed by atoms with van der Waals surface area (Å²) in [5.74, 6) is -0.446. The van der Waals surface area contributed by atoms with E-state index in [0.29, 0.717) is 23.7 Å². The zero-order valence-electron chi connectivity index (χ0n) is 19.2. The first-order chi connectivity index (χ1) is 16.6. The number of alkyl halides is 3. The molecule has 2 aromatic carbocycles. The fourth-order valence-electron chi connectivity index (χ4n) is 4.83. The van der Waals surface area contributed by atoms with Gasteiger partial charge in [0.2, 0.25) is 5.91 Å². The summed E-state index contributed by atoms with van der Waals surface area (Å²) in [6.45, 7) is 0.744. The normalized spacial score (nSPS) is 20.7. The van der Waals surface area contributed by atoms with Gasteiger partial charge in [-0.25, -0.2) is 0 Å². The van der Waals surface area contributed by atoms with Gasteiger partial charge in [0, 0.05) is 67.6 Å². The Kier molecular flexibility index (Phi) is 7.43. The van der Waals surface area contributed by atoms with E-state index in [1.54, 1.807) is 46.2 Å². The first kappa shape index (κ1) is 25.5. The summed E-state index contributed by atoms with van der Waals surface area (Å²) < 4.78 is 39.2. The molecule has 0 radical (unpaired) electrons. The minimum atomic E-state index is -4.63. The molecule has 0 saturated carbocycles. The lowest BCUT2D eigenvalue weighted by atomic mass is 9.90. The molecule has 1 amide bonds. The molecule has 2 saturated heterocycles. The summed E-state index contributed by atoms with van der Waals surface area (Å²) in [7, 11) is 0. The van der Waals surface area contributed by atoms with Gasteiger partial charge in [-0.2, -0.15) is 13.2 Å². The number of ketones is 1. The van der Waals surface area contributed by atoms with E-state index < -0.39 is 11.8 Å². The molecule has 4 rings (SSSR count). The summed E-state index contributed by atoms with van der Waals surface area (Å²) >= 11 is 5.89. The van der Waals surface area contributed by atoms with E-state index in [4.69, 9.17) is 11.6 Å². The first-order valence-electron chi connectivity index (χ1n) is 11.8. The van der Waals surface area contributed by atoms with Crippen molar-refractivity contribution in [3.8, 4) is 0 Å². The summed E-state index contributed by atoms with van der Waals surface area (Å²) in [4.78, 5) is 29.2. The largest absolute Gasteiger partial charge is 0.417 e. The highest BCUT2D eigenvalue weighted by molar-refractivity contribution is 6.30. The van der Waals surface area contributed by atoms with Crippen molar-refractivity contribution in [3.63, 3.8) is 0 Å². The molecule has 188 valence electrons. The number of carbonyl (C=O) groups is 2. The fraction of sp³-hybridized carbons (Fsp3) is 0.462. The maximum absolute atomic E-state index is 13.1. The number of amides is 1. The molecule has 2 heterocycles. The van der Waals surface area contributed by atoms with Crippen LogP contribution in [-0.4, -0.2) is 48.2 Å². The Labute approximate surface area is 207 Å². The highest BCUT2D eigenvalue weighted by Gasteiger charge is 2.54. The van der Waals surface area contributed by atoms with Crippen molar-refractivity contribution < 1.29 is 27.9 Å². The number of carbonyl (C=O) groups excluding carboxylic acids is 2. The first-order valence-corrected chi connectivity index (χ1v) is 12.2. The van der Waals surface area contributed by atoms with E-state index in [-0.39, 0.29) is 56.4 Å². The van der Waals surface area contributed by atoms with Gasteiger partial charge in [0.15, 0.2) is 5.60 Å². The predicted octanol–water partition coefficient (Wildman–Crippen LogP) is 5.18. The standard InChI is InChI=1S/C26H28ClF3N2O3/c27-20-5-3-18(4-6-20)16-23(33)17-19-2-1-13-32(24(19)34)22-9-7-21(8-10-22)31-14-11-25(35,12-15-31)26(28,29)30/h3-10,19,35H,1-2,11-17H2/t19-/m0/s1. The van der Waals surface area contributed by atoms with E-state index in [2.05, 4.69) is 0 Å². The van der Waals surface area contributed by atoms with Crippen molar-refractivity contribution in [3.05, 3.63) is 59.1 Å². The van der Waals surface area contributed by atoms with E-state index in [1.807, 2.05) is 12.1 Å². The van der Waals surface area contributed by atoms with Crippen molar-refractivity contribution in [2.75, 3.05) is 29.4 Å². The second-order valence-electron chi connectivity index (χ2n) is 9.41. The van der Waals surface area contributed by atoms with Crippen LogP contribution < -0.4 is 9.80 Å². The van der Waals surface area contributed by atoms with Crippen LogP contribution in [-0.2, 0) is 16.0 Å². The third-order valence-electron chi connectivity index (χ3n) is 6.98. The van der Waals surface area contributed by atoms with Gasteiger partial charge in [-0.05, 0) is 54.8 Å². The molecule has 1 N–H and O–H groups in total. The maximum atomic E-state index is 13.1. The third-order valence-corrected chi connectivity index (χ3v) is 7.23. The Morgan fingerprint density at radius 3 is 2.20 bits per heavy atom. The molecule has 2 aromatic rings. The van der Waals surface area contributed by atoms with Gasteiger partial charge >= 0.3 is 6.18 Å². The Balaban J connectivity index is 1.35. The SMILES string of the molecule is O=C(Cc1ccc(Cl)cc1)C[C@@H]1CCCN(c2ccc(N3CCC(O)(C(F)(F)F)CC3)cc2)C1=O. The molecule has 0 spiro atoms. The number of aliphatic hydroxyl groups is 1. The molecule has 2 aliphatic heterocycles. The van der Waals surface area contributed by atoms with Crippen molar-refractivity contribution in [1.29, 1.82) is 0 Å². The summed E-state index contributed by atoms with van der Waals surface area (Å²) in [6.07, 6.45) is -3.50. The van der Waals surface area contributed by atoms with Crippen LogP contribution in [0.3, 0.4) is 0 Å². The molecular formula is C26H28ClF3N2O3. The van der Waals surface area contributed by atoms with E-state index >= 15 is 0 Å². The van der Waals surface area contributed by atoms with Crippen molar-refractivity contribution >= 4 is 34.7 Å². The Hall–Kier alpha value is -2.58. The zero-order chi connectivity index (χ0) is 25.2. The number of anilines is 2. The topological polar surface area (TPSA) is 60.9 Å². The van der Waals surface area contributed by atoms with Crippen molar-refractivity contribution in [2.45, 2.75) is 50.3 Å². The summed E-state index contributed by atoms with van der Waals surface area (Å²) in [5.41, 5.74) is -0.319. The molecule has 2 aliphatic rings. The van der Waals surface area contributed by atoms with Crippen molar-refractivity contribution in [1.82, 2.24) is 0 Å². The highest BCUT2D eigenvalue weighted by atomic mass is 35.5. The third kappa shape index (κ3) is 5.81. The number of nitrogens with zero attached hydrogens (tertiary/aromatic N) is 2. The smallest absolute Gasteiger partial charge is 0.380 e. The van der Waals surface area contributed by atoms with Crippen LogP contribution in [0.4, 0.5) is 24.5 Å². The lowest BCUT2D eigenvalue weighted by molar-refractivity contribution is -0.266. The average Bonchev–Trinajstić information content (AvgIpc) is 2.82. The highest BCUT2D eigenvalue weighted by Crippen LogP contribution is 2.39. The molecule has 0 unspecified atom stereocenters. The van der Waals surface area contributed by atoms with Gasteiger partial charge in [0.25, 0.3) is 0 Å². The van der Waals surface area contributed by atoms with Gasteiger partial charge in [-0.15, -0.1) is 0 Å². The second-order valence-corrected chi connectivity index (χ2v) is 9.84. The molecular weight excluding hydrogens is 481 g/mol. The lowest BCUT2D eigenvalue weighted by Crippen LogP contribution is -2.53. The van der Waals surface area contributed by atoms with Crippen LogP contribution in [0.5, 0.6) is 0 Å². The maximum Gasteiger partial charge on any atom is 0.417 e. The van der Waals surface area contributed by atoms with Crippen LogP contribution in [0.2, 0.25) is 5.02 Å². The molecule has 35 heavy (non-hydrogen) atoms. The van der Waals surface area contributed by atoms with Crippen LogP contribution in [0.25, 0.3) is 0 Å². The van der Waals surface area contributed by atoms with Gasteiger partial charge in [0.05, 0.1) is 0 Å². The van der Waals surface area contributed by atoms with E-state index in [0.717, 1.165) is 17.7 Å². The molecule has 0 aliphatic carbocycles. The van der Waals surface area contributed by atoms with Crippen LogP contribution in [0.1, 0.15) is 37.7 Å². The van der Waals surface area contributed by atoms with E-state index in [1.165, 1.54) is 0 Å². The molecule has 5 nitrogen and oxygen atoms in total. The Morgan fingerprint density at radius 1 is 1.00 bits per heavy atom. The number of hydrogen-bond acceptors (Lipinski definition) is 4. The van der Waals surface area contributed by atoms with Gasteiger partial charge in [-0.1, -0.05) is 23.7 Å². The molecule has 0 bridgehead atoms. The number of hydrogen-bond donors (Lipinski definition) is 1. The minimum absolute atomic E-state index is 0.00628. The van der Waals surface area contributed by atoms with Crippen LogP contribution in [0, 0.1) is 5.92 Å². The summed E-state index contributed by atoms with van der Waals surface area (Å²) in [6, 6.07) is 14.2. The molecule has 1 atom stereocenters. The monoisotopic (exact) mass is 508 g/mol. The fourth-order valence-corrected chi connectivity index (χ4v) is 4.96. The molecule has 2 fully saturated rings. The Bertz CT molecular complexity index is 1050. The second kappa shape index (κ2) is 10.2. The number of halogens is 4. The van der Waals surface area contributed by atoms with Crippen LogP contribution in [0.15, 0.2) is 48.5 Å². The van der Waals surface area contributed by atoms with Gasteiger partial charge < -0.3 is 14.9 Å². The van der Waals surface area contributed by atoms with Gasteiger partial charge in [0.1, 0.15) is 5.78 Å². The predicted molar refractivity (Wildman–Crippen MR) is 129 cm³/mol. The number of rotatable bonds is 6. The lowest BCUT2D eigenvalue weighted by Gasteiger charge is -2.40. The van der Waals surface area contributed by atoms with E-state index in [9.17, 15) is 27.9 Å². The van der Waals surface area contributed by atoms with Crippen LogP contribution >= 0.6 is 11.6 Å². The zero-order valence-corrected chi connectivity index (χ0v) is 20.0. The summed E-state index contributed by atoms with van der Waals surface area (Å²) in [5, 5.41) is 10.5. The van der Waals surface area contributed by atoms with Crippen molar-refractivity contribution in [2.24, 2.45) is 5.92 Å². The quantitative estimate of drug-likeness (QED) is 0.584. The Morgan fingerprint density at radius 2 is 1.60 bits per heavy atom. The number of benzene rings is 2.